The van der Waals surface area contributed by atoms with Gasteiger partial charge in [-0.2, -0.15) is 5.10 Å². The van der Waals surface area contributed by atoms with Gasteiger partial charge in [-0.05, 0) is 30.7 Å². The van der Waals surface area contributed by atoms with Gasteiger partial charge in [0.15, 0.2) is 12.3 Å². The van der Waals surface area contributed by atoms with Crippen LogP contribution in [0.2, 0.25) is 0 Å². The van der Waals surface area contributed by atoms with E-state index in [1.54, 1.807) is 16.6 Å². The predicted octanol–water partition coefficient (Wildman–Crippen LogP) is 3.48. The summed E-state index contributed by atoms with van der Waals surface area (Å²) in [7, 11) is 1.70. The number of amides is 2. The molecule has 2 aliphatic heterocycles. The minimum Gasteiger partial charge on any atom is -0.482 e. The first-order valence-electron chi connectivity index (χ1n) is 10.8. The van der Waals surface area contributed by atoms with Gasteiger partial charge in [0.2, 0.25) is 4.80 Å². The van der Waals surface area contributed by atoms with Crippen molar-refractivity contribution in [2.75, 3.05) is 30.4 Å². The first-order valence-corrected chi connectivity index (χ1v) is 11.7. The highest BCUT2D eigenvalue weighted by molar-refractivity contribution is 7.07. The summed E-state index contributed by atoms with van der Waals surface area (Å²) in [5.41, 5.74) is 4.31. The molecule has 168 valence electrons. The highest BCUT2D eigenvalue weighted by atomic mass is 32.1. The zero-order valence-corrected chi connectivity index (χ0v) is 19.2. The summed E-state index contributed by atoms with van der Waals surface area (Å²) < 4.78 is 7.18. The number of anilines is 2. The van der Waals surface area contributed by atoms with E-state index in [0.29, 0.717) is 28.5 Å². The number of unbranched alkanes of at least 4 members (excludes halogenated alkanes) is 1. The number of nitrogens with zero attached hydrogens (tertiary/aromatic N) is 4. The zero-order valence-electron chi connectivity index (χ0n) is 18.4. The number of hydrogen-bond donors (Lipinski definition) is 1. The fourth-order valence-corrected chi connectivity index (χ4v) is 4.78. The van der Waals surface area contributed by atoms with Crippen LogP contribution in [0.25, 0.3) is 11.3 Å². The number of carbonyl (C=O) groups is 2. The number of thiazole rings is 1. The van der Waals surface area contributed by atoms with Crippen LogP contribution < -0.4 is 19.8 Å². The van der Waals surface area contributed by atoms with Crippen LogP contribution in [0.15, 0.2) is 57.9 Å². The molecule has 0 fully saturated rings. The van der Waals surface area contributed by atoms with Crippen LogP contribution in [0.4, 0.5) is 11.4 Å². The molecule has 0 atom stereocenters. The summed E-state index contributed by atoms with van der Waals surface area (Å²) in [6.07, 6.45) is 1.92. The highest BCUT2D eigenvalue weighted by Gasteiger charge is 2.34. The lowest BCUT2D eigenvalue weighted by molar-refractivity contribution is -0.118. The molecular weight excluding hydrogens is 438 g/mol. The third kappa shape index (κ3) is 3.74. The van der Waals surface area contributed by atoms with Crippen molar-refractivity contribution in [1.29, 1.82) is 0 Å². The molecule has 3 heterocycles. The maximum absolute atomic E-state index is 13.4. The quantitative estimate of drug-likeness (QED) is 0.631. The Hall–Kier alpha value is -3.72. The molecule has 0 unspecified atom stereocenters. The standard InChI is InChI=1S/C24H23N5O3S/c1-3-4-11-28-18-8-6-5-7-16(18)22(23(28)31)27-29-19(14-33-24(29)25-2)15-9-10-20-17(12-15)26-21(30)13-32-20/h5-10,12,14H,3-4,11,13H2,1-2H3,(H,26,30)/b25-24?,27-22-. The van der Waals surface area contributed by atoms with Gasteiger partial charge in [-0.1, -0.05) is 31.5 Å². The van der Waals surface area contributed by atoms with E-state index in [-0.39, 0.29) is 18.4 Å². The minimum absolute atomic E-state index is 0.00731. The SMILES string of the molecule is CCCCN1C(=O)/C(=N\n2c(-c3ccc4c(c3)NC(=O)CO4)csc2=NC)c2ccccc21. The average Bonchev–Trinajstić information content (AvgIpc) is 3.36. The predicted molar refractivity (Wildman–Crippen MR) is 129 cm³/mol. The van der Waals surface area contributed by atoms with Crippen molar-refractivity contribution < 1.29 is 14.3 Å². The summed E-state index contributed by atoms with van der Waals surface area (Å²) >= 11 is 1.44. The largest absolute Gasteiger partial charge is 0.482 e. The van der Waals surface area contributed by atoms with Crippen molar-refractivity contribution in [3.05, 3.63) is 58.2 Å². The highest BCUT2D eigenvalue weighted by Crippen LogP contribution is 2.34. The number of fused-ring (bicyclic) bond motifs is 2. The molecule has 0 bridgehead atoms. The summed E-state index contributed by atoms with van der Waals surface area (Å²) in [5, 5.41) is 9.60. The lowest BCUT2D eigenvalue weighted by Crippen LogP contribution is -2.31. The molecule has 3 aromatic rings. The van der Waals surface area contributed by atoms with Gasteiger partial charge in [-0.3, -0.25) is 14.6 Å². The molecule has 5 rings (SSSR count). The number of para-hydroxylation sites is 1. The Labute approximate surface area is 194 Å². The zero-order chi connectivity index (χ0) is 22.9. The van der Waals surface area contributed by atoms with E-state index in [9.17, 15) is 9.59 Å². The van der Waals surface area contributed by atoms with Crippen molar-refractivity contribution in [3.8, 4) is 17.0 Å². The fraction of sp³-hybridized carbons (Fsp3) is 0.250. The van der Waals surface area contributed by atoms with Crippen LogP contribution in [0.3, 0.4) is 0 Å². The average molecular weight is 462 g/mol. The van der Waals surface area contributed by atoms with Gasteiger partial charge in [0, 0.05) is 30.1 Å². The molecule has 0 aliphatic carbocycles. The van der Waals surface area contributed by atoms with E-state index in [1.807, 2.05) is 47.8 Å². The molecule has 33 heavy (non-hydrogen) atoms. The number of benzene rings is 2. The van der Waals surface area contributed by atoms with E-state index < -0.39 is 0 Å². The molecule has 1 aromatic heterocycles. The first kappa shape index (κ1) is 21.1. The van der Waals surface area contributed by atoms with Gasteiger partial charge in [0.05, 0.1) is 17.1 Å². The molecule has 0 saturated heterocycles. The molecule has 8 nitrogen and oxygen atoms in total. The van der Waals surface area contributed by atoms with E-state index >= 15 is 0 Å². The molecule has 0 saturated carbocycles. The molecule has 9 heteroatoms. The minimum atomic E-state index is -0.192. The second-order valence-electron chi connectivity index (χ2n) is 7.76. The van der Waals surface area contributed by atoms with Crippen molar-refractivity contribution in [3.63, 3.8) is 0 Å². The number of carbonyl (C=O) groups excluding carboxylic acids is 2. The van der Waals surface area contributed by atoms with E-state index in [1.165, 1.54) is 11.3 Å². The van der Waals surface area contributed by atoms with Gasteiger partial charge in [-0.25, -0.2) is 4.68 Å². The van der Waals surface area contributed by atoms with Crippen LogP contribution in [0, 0.1) is 0 Å². The maximum Gasteiger partial charge on any atom is 0.279 e. The second kappa shape index (κ2) is 8.67. The number of ether oxygens (including phenoxy) is 1. The Morgan fingerprint density at radius 2 is 2.03 bits per heavy atom. The lowest BCUT2D eigenvalue weighted by atomic mass is 10.1. The van der Waals surface area contributed by atoms with Gasteiger partial charge < -0.3 is 15.0 Å². The Kier molecular flexibility index (Phi) is 5.55. The number of rotatable bonds is 5. The van der Waals surface area contributed by atoms with Crippen molar-refractivity contribution >= 4 is 40.2 Å². The maximum atomic E-state index is 13.4. The van der Waals surface area contributed by atoms with Crippen LogP contribution in [0.1, 0.15) is 25.3 Å². The third-order valence-corrected chi connectivity index (χ3v) is 6.53. The fourth-order valence-electron chi connectivity index (χ4n) is 3.98. The lowest BCUT2D eigenvalue weighted by Gasteiger charge is -2.18. The normalized spacial score (nSPS) is 16.6. The summed E-state index contributed by atoms with van der Waals surface area (Å²) in [5.74, 6) is 0.323. The van der Waals surface area contributed by atoms with Crippen LogP contribution in [-0.4, -0.2) is 42.4 Å². The molecular formula is C24H23N5O3S. The van der Waals surface area contributed by atoms with Gasteiger partial charge in [-0.15, -0.1) is 11.3 Å². The molecule has 2 aliphatic rings. The monoisotopic (exact) mass is 461 g/mol. The van der Waals surface area contributed by atoms with E-state index in [4.69, 9.17) is 9.84 Å². The first-order chi connectivity index (χ1) is 16.1. The number of hydrogen-bond acceptors (Lipinski definition) is 6. The number of nitrogens with one attached hydrogen (secondary N) is 1. The van der Waals surface area contributed by atoms with Crippen molar-refractivity contribution in [1.82, 2.24) is 4.68 Å². The number of aromatic nitrogens is 1. The summed E-state index contributed by atoms with van der Waals surface area (Å²) in [6, 6.07) is 13.3. The Morgan fingerprint density at radius 3 is 2.85 bits per heavy atom. The summed E-state index contributed by atoms with van der Waals surface area (Å²) in [6.45, 7) is 2.77. The third-order valence-electron chi connectivity index (χ3n) is 5.62. The van der Waals surface area contributed by atoms with E-state index in [0.717, 1.165) is 35.3 Å². The molecule has 1 N–H and O–H groups in total. The second-order valence-corrected chi connectivity index (χ2v) is 8.60. The molecule has 2 aromatic carbocycles. The smallest absolute Gasteiger partial charge is 0.279 e. The van der Waals surface area contributed by atoms with Gasteiger partial charge in [0.25, 0.3) is 11.8 Å². The summed E-state index contributed by atoms with van der Waals surface area (Å²) in [4.78, 5) is 31.9. The Morgan fingerprint density at radius 1 is 1.18 bits per heavy atom. The Bertz CT molecular complexity index is 1350. The van der Waals surface area contributed by atoms with Crippen LogP contribution in [0.5, 0.6) is 5.75 Å². The van der Waals surface area contributed by atoms with Gasteiger partial charge in [0.1, 0.15) is 5.75 Å². The molecule has 2 amide bonds. The topological polar surface area (TPSA) is 88.3 Å². The van der Waals surface area contributed by atoms with Crippen LogP contribution >= 0.6 is 11.3 Å². The van der Waals surface area contributed by atoms with Crippen molar-refractivity contribution in [2.24, 2.45) is 10.1 Å². The molecule has 0 radical (unpaired) electrons. The van der Waals surface area contributed by atoms with Gasteiger partial charge >= 0.3 is 0 Å². The molecule has 0 spiro atoms. The van der Waals surface area contributed by atoms with Crippen LogP contribution in [-0.2, 0) is 9.59 Å². The van der Waals surface area contributed by atoms with Crippen molar-refractivity contribution in [2.45, 2.75) is 19.8 Å². The Balaban J connectivity index is 1.62. The van der Waals surface area contributed by atoms with E-state index in [2.05, 4.69) is 17.2 Å².